The van der Waals surface area contributed by atoms with Crippen LogP contribution in [0.1, 0.15) is 0 Å². The first-order chi connectivity index (χ1) is 15.2. The second kappa shape index (κ2) is 8.28. The summed E-state index contributed by atoms with van der Waals surface area (Å²) >= 11 is 0. The zero-order valence-corrected chi connectivity index (χ0v) is 17.5. The zero-order valence-electron chi connectivity index (χ0n) is 16.6. The highest BCUT2D eigenvalue weighted by molar-refractivity contribution is 7.89. The van der Waals surface area contributed by atoms with Crippen LogP contribution in [0, 0.1) is 21.7 Å². The molecule has 0 radical (unpaired) electrons. The molecule has 0 saturated carbocycles. The van der Waals surface area contributed by atoms with Gasteiger partial charge in [0.05, 0.1) is 4.92 Å². The van der Waals surface area contributed by atoms with E-state index in [1.165, 1.54) is 17.0 Å². The molecule has 2 heterocycles. The first-order valence-electron chi connectivity index (χ1n) is 9.64. The minimum absolute atomic E-state index is 0.0317. The van der Waals surface area contributed by atoms with Gasteiger partial charge in [-0.25, -0.2) is 17.2 Å². The number of nitrogens with zero attached hydrogens (tertiary/aromatic N) is 4. The Morgan fingerprint density at radius 1 is 1.03 bits per heavy atom. The van der Waals surface area contributed by atoms with Gasteiger partial charge in [0.15, 0.2) is 4.90 Å². The Bertz CT molecular complexity index is 1300. The normalized spacial score (nSPS) is 15.2. The molecular formula is C20H18F2N4O5S. The van der Waals surface area contributed by atoms with E-state index in [-0.39, 0.29) is 44.3 Å². The number of non-ortho nitro benzene ring substituents is 1. The highest BCUT2D eigenvalue weighted by Crippen LogP contribution is 2.24. The average molecular weight is 464 g/mol. The van der Waals surface area contributed by atoms with E-state index in [0.29, 0.717) is 10.9 Å². The van der Waals surface area contributed by atoms with E-state index in [1.54, 1.807) is 22.9 Å². The number of hydrogen-bond donors (Lipinski definition) is 0. The molecule has 1 amide bonds. The lowest BCUT2D eigenvalue weighted by Gasteiger charge is -2.34. The lowest BCUT2D eigenvalue weighted by Crippen LogP contribution is -2.51. The van der Waals surface area contributed by atoms with Crippen molar-refractivity contribution in [3.63, 3.8) is 0 Å². The molecule has 0 N–H and O–H groups in total. The van der Waals surface area contributed by atoms with E-state index in [2.05, 4.69) is 0 Å². The van der Waals surface area contributed by atoms with E-state index in [4.69, 9.17) is 0 Å². The maximum absolute atomic E-state index is 14.0. The van der Waals surface area contributed by atoms with Crippen LogP contribution >= 0.6 is 0 Å². The summed E-state index contributed by atoms with van der Waals surface area (Å²) in [5.74, 6) is -2.60. The maximum atomic E-state index is 14.0. The Morgan fingerprint density at radius 2 is 1.69 bits per heavy atom. The van der Waals surface area contributed by atoms with Crippen LogP contribution in [-0.4, -0.2) is 59.2 Å². The standard InChI is InChI=1S/C20H18F2N4O5S/c21-16-2-1-3-17(22)20(16)32(30,31)25-10-8-23(9-11-25)19(27)13-24-7-6-14-12-15(26(28)29)4-5-18(14)24/h1-7,12H,8-11,13H2. The van der Waals surface area contributed by atoms with Crippen LogP contribution in [0.4, 0.5) is 14.5 Å². The molecule has 1 saturated heterocycles. The van der Waals surface area contributed by atoms with Crippen molar-refractivity contribution in [1.82, 2.24) is 13.8 Å². The molecule has 3 aromatic rings. The minimum atomic E-state index is -4.38. The van der Waals surface area contributed by atoms with Gasteiger partial charge in [-0.3, -0.25) is 14.9 Å². The third-order valence-corrected chi connectivity index (χ3v) is 7.33. The van der Waals surface area contributed by atoms with Crippen LogP contribution in [0.3, 0.4) is 0 Å². The number of fused-ring (bicyclic) bond motifs is 1. The van der Waals surface area contributed by atoms with E-state index in [0.717, 1.165) is 22.5 Å². The van der Waals surface area contributed by atoms with Gasteiger partial charge in [0.2, 0.25) is 15.9 Å². The van der Waals surface area contributed by atoms with Crippen LogP contribution < -0.4 is 0 Å². The molecule has 1 aliphatic heterocycles. The van der Waals surface area contributed by atoms with E-state index < -0.39 is 31.5 Å². The topological polar surface area (TPSA) is 106 Å². The van der Waals surface area contributed by atoms with Crippen molar-refractivity contribution >= 4 is 32.5 Å². The number of carbonyl (C=O) groups is 1. The summed E-state index contributed by atoms with van der Waals surface area (Å²) in [7, 11) is -4.38. The summed E-state index contributed by atoms with van der Waals surface area (Å²) in [6.45, 7) is -0.0887. The second-order valence-electron chi connectivity index (χ2n) is 7.28. The number of carbonyl (C=O) groups excluding carboxylic acids is 1. The minimum Gasteiger partial charge on any atom is -0.339 e. The number of halogens is 2. The number of hydrogen-bond acceptors (Lipinski definition) is 5. The third-order valence-electron chi connectivity index (χ3n) is 5.38. The fraction of sp³-hybridized carbons (Fsp3) is 0.250. The molecule has 0 bridgehead atoms. The molecule has 1 fully saturated rings. The summed E-state index contributed by atoms with van der Waals surface area (Å²) in [5, 5.41) is 11.5. The predicted octanol–water partition coefficient (Wildman–Crippen LogP) is 2.36. The van der Waals surface area contributed by atoms with Crippen LogP contribution in [0.5, 0.6) is 0 Å². The van der Waals surface area contributed by atoms with Gasteiger partial charge in [0.25, 0.3) is 5.69 Å². The largest absolute Gasteiger partial charge is 0.339 e. The highest BCUT2D eigenvalue weighted by Gasteiger charge is 2.34. The first kappa shape index (κ1) is 21.8. The molecule has 0 spiro atoms. The predicted molar refractivity (Wildman–Crippen MR) is 110 cm³/mol. The van der Waals surface area contributed by atoms with Gasteiger partial charge < -0.3 is 9.47 Å². The first-order valence-corrected chi connectivity index (χ1v) is 11.1. The lowest BCUT2D eigenvalue weighted by molar-refractivity contribution is -0.384. The van der Waals surface area contributed by atoms with Crippen molar-refractivity contribution in [1.29, 1.82) is 0 Å². The Balaban J connectivity index is 1.44. The Labute approximate surface area is 181 Å². The fourth-order valence-electron chi connectivity index (χ4n) is 3.72. The van der Waals surface area contributed by atoms with Gasteiger partial charge in [0.1, 0.15) is 18.2 Å². The number of piperazine rings is 1. The molecule has 168 valence electrons. The quantitative estimate of drug-likeness (QED) is 0.426. The molecule has 1 aliphatic rings. The van der Waals surface area contributed by atoms with Crippen LogP contribution in [0.15, 0.2) is 53.6 Å². The number of benzene rings is 2. The maximum Gasteiger partial charge on any atom is 0.270 e. The van der Waals surface area contributed by atoms with Crippen molar-refractivity contribution in [3.8, 4) is 0 Å². The molecule has 1 aromatic heterocycles. The summed E-state index contributed by atoms with van der Waals surface area (Å²) in [4.78, 5) is 23.6. The molecule has 0 atom stereocenters. The van der Waals surface area contributed by atoms with Gasteiger partial charge in [-0.15, -0.1) is 0 Å². The van der Waals surface area contributed by atoms with Gasteiger partial charge in [0, 0.05) is 55.4 Å². The number of nitro benzene ring substituents is 1. The van der Waals surface area contributed by atoms with Crippen LogP contribution in [0.2, 0.25) is 0 Å². The Hall–Kier alpha value is -3.38. The van der Waals surface area contributed by atoms with E-state index >= 15 is 0 Å². The molecule has 12 heteroatoms. The van der Waals surface area contributed by atoms with Crippen molar-refractivity contribution in [3.05, 3.63) is 70.4 Å². The second-order valence-corrected chi connectivity index (χ2v) is 9.15. The molecule has 32 heavy (non-hydrogen) atoms. The van der Waals surface area contributed by atoms with Crippen LogP contribution in [0.25, 0.3) is 10.9 Å². The zero-order chi connectivity index (χ0) is 23.0. The number of amides is 1. The summed E-state index contributed by atoms with van der Waals surface area (Å²) in [5.41, 5.74) is 0.602. The van der Waals surface area contributed by atoms with E-state index in [9.17, 15) is 32.1 Å². The number of rotatable bonds is 5. The Kier molecular flexibility index (Phi) is 5.65. The number of aromatic nitrogens is 1. The molecule has 4 rings (SSSR count). The van der Waals surface area contributed by atoms with Crippen molar-refractivity contribution < 1.29 is 26.9 Å². The smallest absolute Gasteiger partial charge is 0.270 e. The molecule has 0 unspecified atom stereocenters. The van der Waals surface area contributed by atoms with Crippen molar-refractivity contribution in [2.24, 2.45) is 0 Å². The van der Waals surface area contributed by atoms with Gasteiger partial charge >= 0.3 is 0 Å². The molecule has 2 aromatic carbocycles. The molecule has 9 nitrogen and oxygen atoms in total. The molecular weight excluding hydrogens is 446 g/mol. The summed E-state index contributed by atoms with van der Waals surface area (Å²) in [6.07, 6.45) is 1.65. The van der Waals surface area contributed by atoms with Crippen molar-refractivity contribution in [2.75, 3.05) is 26.2 Å². The monoisotopic (exact) mass is 464 g/mol. The van der Waals surface area contributed by atoms with E-state index in [1.807, 2.05) is 0 Å². The van der Waals surface area contributed by atoms with Crippen molar-refractivity contribution in [2.45, 2.75) is 11.4 Å². The molecule has 0 aliphatic carbocycles. The summed E-state index contributed by atoms with van der Waals surface area (Å²) in [6, 6.07) is 8.86. The fourth-order valence-corrected chi connectivity index (χ4v) is 5.25. The van der Waals surface area contributed by atoms with Gasteiger partial charge in [-0.2, -0.15) is 4.31 Å². The Morgan fingerprint density at radius 3 is 2.31 bits per heavy atom. The van der Waals surface area contributed by atoms with Crippen LogP contribution in [-0.2, 0) is 21.4 Å². The highest BCUT2D eigenvalue weighted by atomic mass is 32.2. The third kappa shape index (κ3) is 3.94. The van der Waals surface area contributed by atoms with Gasteiger partial charge in [-0.05, 0) is 24.3 Å². The number of sulfonamides is 1. The summed E-state index contributed by atoms with van der Waals surface area (Å²) < 4.78 is 55.9. The van der Waals surface area contributed by atoms with Gasteiger partial charge in [-0.1, -0.05) is 6.07 Å². The lowest BCUT2D eigenvalue weighted by atomic mass is 10.2. The average Bonchev–Trinajstić information content (AvgIpc) is 3.15. The number of nitro groups is 1. The SMILES string of the molecule is O=C(Cn1ccc2cc([N+](=O)[O-])ccc21)N1CCN(S(=O)(=O)c2c(F)cccc2F)CC1.